The van der Waals surface area contributed by atoms with Crippen LogP contribution in [0.2, 0.25) is 0 Å². The fourth-order valence-corrected chi connectivity index (χ4v) is 4.32. The van der Waals surface area contributed by atoms with E-state index in [1.165, 1.54) is 0 Å². The van der Waals surface area contributed by atoms with Gasteiger partial charge in [-0.25, -0.2) is 9.59 Å². The Morgan fingerprint density at radius 1 is 1.22 bits per heavy atom. The minimum Gasteiger partial charge on any atom is -0.478 e. The van der Waals surface area contributed by atoms with Gasteiger partial charge in [0, 0.05) is 29.9 Å². The Labute approximate surface area is 168 Å². The number of nitrogens with zero attached hydrogens (tertiary/aromatic N) is 1. The standard InChI is InChI=1S/C20H26BrNO5/c1-19(2,3)27-18(25)22-11-9-13-12-20(17(23)24,10-8-16(13)22)26-15-6-4-14(21)5-7-15/h4-7,13,16H,8-12H2,1-3H3,(H,23,24)/t13-,16+,20?/m1/s1. The summed E-state index contributed by atoms with van der Waals surface area (Å²) in [6, 6.07) is 7.21. The first kappa shape index (κ1) is 20.0. The SMILES string of the molecule is CC(C)(C)OC(=O)N1CC[C@@H]2CC(Oc3ccc(Br)cc3)(C(=O)O)CC[C@@H]21. The number of ether oxygens (including phenoxy) is 2. The van der Waals surface area contributed by atoms with E-state index in [0.29, 0.717) is 31.6 Å². The number of rotatable bonds is 3. The largest absolute Gasteiger partial charge is 0.478 e. The average molecular weight is 440 g/mol. The number of carbonyl (C=O) groups excluding carboxylic acids is 1. The molecule has 1 heterocycles. The highest BCUT2D eigenvalue weighted by Gasteiger charge is 2.52. The van der Waals surface area contributed by atoms with Crippen LogP contribution in [0.1, 0.15) is 46.5 Å². The maximum atomic E-state index is 12.5. The molecule has 7 heteroatoms. The highest BCUT2D eigenvalue weighted by molar-refractivity contribution is 9.10. The lowest BCUT2D eigenvalue weighted by Gasteiger charge is -2.41. The summed E-state index contributed by atoms with van der Waals surface area (Å²) in [5, 5.41) is 9.91. The number of carboxylic acids is 1. The second kappa shape index (κ2) is 7.34. The van der Waals surface area contributed by atoms with E-state index in [-0.39, 0.29) is 18.1 Å². The number of carboxylic acid groups (broad SMARTS) is 1. The number of benzene rings is 1. The third kappa shape index (κ3) is 4.39. The van der Waals surface area contributed by atoms with Crippen LogP contribution in [0.4, 0.5) is 4.79 Å². The van der Waals surface area contributed by atoms with Crippen molar-refractivity contribution in [1.82, 2.24) is 4.90 Å². The van der Waals surface area contributed by atoms with Crippen LogP contribution >= 0.6 is 15.9 Å². The van der Waals surface area contributed by atoms with Gasteiger partial charge in [0.15, 0.2) is 0 Å². The van der Waals surface area contributed by atoms with Crippen LogP contribution in [0.3, 0.4) is 0 Å². The lowest BCUT2D eigenvalue weighted by molar-refractivity contribution is -0.160. The van der Waals surface area contributed by atoms with Gasteiger partial charge in [-0.05, 0) is 63.8 Å². The molecule has 27 heavy (non-hydrogen) atoms. The number of hydrogen-bond donors (Lipinski definition) is 1. The van der Waals surface area contributed by atoms with Crippen molar-refractivity contribution in [3.63, 3.8) is 0 Å². The third-order valence-corrected chi connectivity index (χ3v) is 5.79. The molecule has 3 rings (SSSR count). The van der Waals surface area contributed by atoms with Crippen LogP contribution < -0.4 is 4.74 Å². The summed E-state index contributed by atoms with van der Waals surface area (Å²) in [5.74, 6) is -0.307. The van der Waals surface area contributed by atoms with E-state index >= 15 is 0 Å². The van der Waals surface area contributed by atoms with Crippen molar-refractivity contribution in [1.29, 1.82) is 0 Å². The molecule has 1 aromatic rings. The first-order valence-electron chi connectivity index (χ1n) is 9.27. The van der Waals surface area contributed by atoms with E-state index in [2.05, 4.69) is 15.9 Å². The average Bonchev–Trinajstić information content (AvgIpc) is 2.98. The normalized spacial score (nSPS) is 27.8. The molecule has 0 radical (unpaired) electrons. The molecule has 1 saturated heterocycles. The Bertz CT molecular complexity index is 714. The van der Waals surface area contributed by atoms with E-state index in [1.807, 2.05) is 32.9 Å². The van der Waals surface area contributed by atoms with Gasteiger partial charge in [0.25, 0.3) is 0 Å². The molecule has 1 aliphatic carbocycles. The molecule has 1 amide bonds. The van der Waals surface area contributed by atoms with Gasteiger partial charge in [-0.2, -0.15) is 0 Å². The van der Waals surface area contributed by atoms with Crippen molar-refractivity contribution < 1.29 is 24.2 Å². The molecule has 2 aliphatic rings. The highest BCUT2D eigenvalue weighted by atomic mass is 79.9. The van der Waals surface area contributed by atoms with Crippen molar-refractivity contribution in [2.24, 2.45) is 5.92 Å². The van der Waals surface area contributed by atoms with Crippen molar-refractivity contribution >= 4 is 28.0 Å². The van der Waals surface area contributed by atoms with Crippen LogP contribution in [-0.2, 0) is 9.53 Å². The Balaban J connectivity index is 1.73. The molecule has 1 saturated carbocycles. The van der Waals surface area contributed by atoms with Gasteiger partial charge in [0.1, 0.15) is 11.4 Å². The number of hydrogen-bond acceptors (Lipinski definition) is 4. The summed E-state index contributed by atoms with van der Waals surface area (Å²) in [5.41, 5.74) is -1.79. The zero-order chi connectivity index (χ0) is 19.8. The van der Waals surface area contributed by atoms with Gasteiger partial charge in [0.05, 0.1) is 0 Å². The lowest BCUT2D eigenvalue weighted by Crippen LogP contribution is -2.53. The van der Waals surface area contributed by atoms with E-state index in [1.54, 1.807) is 17.0 Å². The number of amides is 1. The Morgan fingerprint density at radius 3 is 2.48 bits per heavy atom. The first-order chi connectivity index (χ1) is 12.6. The lowest BCUT2D eigenvalue weighted by atomic mass is 9.75. The Morgan fingerprint density at radius 2 is 1.89 bits per heavy atom. The van der Waals surface area contributed by atoms with Crippen LogP contribution in [0.15, 0.2) is 28.7 Å². The molecule has 0 spiro atoms. The number of halogens is 1. The molecule has 0 aromatic heterocycles. The topological polar surface area (TPSA) is 76.1 Å². The van der Waals surface area contributed by atoms with Gasteiger partial charge < -0.3 is 19.5 Å². The molecule has 6 nitrogen and oxygen atoms in total. The number of carbonyl (C=O) groups is 2. The monoisotopic (exact) mass is 439 g/mol. The highest BCUT2D eigenvalue weighted by Crippen LogP contribution is 2.43. The first-order valence-corrected chi connectivity index (χ1v) is 10.1. The molecule has 0 bridgehead atoms. The second-order valence-corrected chi connectivity index (χ2v) is 9.30. The summed E-state index contributed by atoms with van der Waals surface area (Å²) in [4.78, 5) is 26.4. The van der Waals surface area contributed by atoms with E-state index < -0.39 is 17.2 Å². The summed E-state index contributed by atoms with van der Waals surface area (Å²) in [6.07, 6.45) is 1.79. The number of aliphatic carboxylic acids is 1. The fraction of sp³-hybridized carbons (Fsp3) is 0.600. The van der Waals surface area contributed by atoms with Gasteiger partial charge in [0.2, 0.25) is 5.60 Å². The molecule has 2 fully saturated rings. The number of fused-ring (bicyclic) bond motifs is 1. The zero-order valence-electron chi connectivity index (χ0n) is 15.9. The Kier molecular flexibility index (Phi) is 5.43. The maximum absolute atomic E-state index is 12.5. The molecule has 3 atom stereocenters. The van der Waals surface area contributed by atoms with Gasteiger partial charge in [-0.1, -0.05) is 15.9 Å². The fourth-order valence-electron chi connectivity index (χ4n) is 4.06. The molecule has 1 unspecified atom stereocenters. The third-order valence-electron chi connectivity index (χ3n) is 5.27. The maximum Gasteiger partial charge on any atom is 0.410 e. The second-order valence-electron chi connectivity index (χ2n) is 8.39. The minimum atomic E-state index is -1.25. The van der Waals surface area contributed by atoms with Crippen molar-refractivity contribution in [2.45, 2.75) is 63.7 Å². The molecule has 148 valence electrons. The van der Waals surface area contributed by atoms with E-state index in [0.717, 1.165) is 10.9 Å². The summed E-state index contributed by atoms with van der Waals surface area (Å²) in [7, 11) is 0. The van der Waals surface area contributed by atoms with Gasteiger partial charge in [-0.15, -0.1) is 0 Å². The number of likely N-dealkylation sites (tertiary alicyclic amines) is 1. The van der Waals surface area contributed by atoms with E-state index in [9.17, 15) is 14.7 Å². The quantitative estimate of drug-likeness (QED) is 0.751. The summed E-state index contributed by atoms with van der Waals surface area (Å²) in [6.45, 7) is 6.14. The van der Waals surface area contributed by atoms with Gasteiger partial charge in [-0.3, -0.25) is 0 Å². The van der Waals surface area contributed by atoms with Crippen molar-refractivity contribution in [3.8, 4) is 5.75 Å². The van der Waals surface area contributed by atoms with Crippen LogP contribution in [-0.4, -0.2) is 45.9 Å². The molecular formula is C20H26BrNO5. The minimum absolute atomic E-state index is 0.0147. The van der Waals surface area contributed by atoms with Crippen LogP contribution in [0.5, 0.6) is 5.75 Å². The Hall–Kier alpha value is -1.76. The molecule has 1 N–H and O–H groups in total. The summed E-state index contributed by atoms with van der Waals surface area (Å²) >= 11 is 3.37. The van der Waals surface area contributed by atoms with Gasteiger partial charge >= 0.3 is 12.1 Å². The van der Waals surface area contributed by atoms with E-state index in [4.69, 9.17) is 9.47 Å². The molecule has 1 aliphatic heterocycles. The van der Waals surface area contributed by atoms with Crippen molar-refractivity contribution in [3.05, 3.63) is 28.7 Å². The summed E-state index contributed by atoms with van der Waals surface area (Å²) < 4.78 is 12.4. The van der Waals surface area contributed by atoms with Crippen LogP contribution in [0.25, 0.3) is 0 Å². The molecular weight excluding hydrogens is 414 g/mol. The predicted octanol–water partition coefficient (Wildman–Crippen LogP) is 4.46. The smallest absolute Gasteiger partial charge is 0.410 e. The van der Waals surface area contributed by atoms with Crippen molar-refractivity contribution in [2.75, 3.05) is 6.54 Å². The predicted molar refractivity (Wildman–Crippen MR) is 104 cm³/mol. The van der Waals surface area contributed by atoms with Crippen LogP contribution in [0, 0.1) is 5.92 Å². The molecule has 1 aromatic carbocycles. The zero-order valence-corrected chi connectivity index (χ0v) is 17.5.